The van der Waals surface area contributed by atoms with E-state index in [1.54, 1.807) is 59.1 Å². The van der Waals surface area contributed by atoms with Crippen molar-refractivity contribution in [2.24, 2.45) is 0 Å². The molecule has 0 radical (unpaired) electrons. The number of carbonyl (C=O) groups excluding carboxylic acids is 1. The third-order valence-corrected chi connectivity index (χ3v) is 3.23. The van der Waals surface area contributed by atoms with Crippen LogP contribution in [-0.4, -0.2) is 35.0 Å². The number of hydrogen-bond donors (Lipinski definition) is 1. The van der Waals surface area contributed by atoms with E-state index in [4.69, 9.17) is 4.74 Å². The summed E-state index contributed by atoms with van der Waals surface area (Å²) in [4.78, 5) is 24.4. The molecule has 5 heteroatoms. The molecule has 20 heavy (non-hydrogen) atoms. The summed E-state index contributed by atoms with van der Waals surface area (Å²) in [6.45, 7) is 6.87. The second kappa shape index (κ2) is 5.53. The Hall–Kier alpha value is -2.04. The molecule has 0 bridgehead atoms. The van der Waals surface area contributed by atoms with Gasteiger partial charge in [-0.2, -0.15) is 0 Å². The van der Waals surface area contributed by atoms with Gasteiger partial charge in [-0.25, -0.2) is 4.79 Å². The minimum absolute atomic E-state index is 0.602. The molecule has 0 aliphatic carbocycles. The SMILES string of the molecule is COc1ccc(C(C)(C=O)N(C(=O)O)C(C)(C)C)cc1. The highest BCUT2D eigenvalue weighted by atomic mass is 16.5. The molecule has 0 spiro atoms. The van der Waals surface area contributed by atoms with Crippen molar-refractivity contribution in [1.82, 2.24) is 4.90 Å². The second-order valence-electron chi connectivity index (χ2n) is 5.78. The maximum atomic E-state index is 11.6. The van der Waals surface area contributed by atoms with E-state index >= 15 is 0 Å². The standard InChI is InChI=1S/C15H21NO4/c1-14(2,3)16(13(18)19)15(4,10-17)11-6-8-12(20-5)9-7-11/h6-10H,1-5H3,(H,18,19). The van der Waals surface area contributed by atoms with Gasteiger partial charge in [0, 0.05) is 5.54 Å². The van der Waals surface area contributed by atoms with Gasteiger partial charge in [-0.3, -0.25) is 4.90 Å². The zero-order valence-electron chi connectivity index (χ0n) is 12.5. The average Bonchev–Trinajstić information content (AvgIpc) is 2.36. The average molecular weight is 279 g/mol. The van der Waals surface area contributed by atoms with E-state index in [2.05, 4.69) is 0 Å². The molecule has 0 aliphatic rings. The summed E-state index contributed by atoms with van der Waals surface area (Å²) in [5.41, 5.74) is -1.36. The van der Waals surface area contributed by atoms with E-state index in [9.17, 15) is 14.7 Å². The van der Waals surface area contributed by atoms with Crippen LogP contribution in [0.1, 0.15) is 33.3 Å². The van der Waals surface area contributed by atoms with E-state index in [0.717, 1.165) is 4.90 Å². The molecule has 1 atom stereocenters. The topological polar surface area (TPSA) is 66.8 Å². The normalized spacial score (nSPS) is 14.2. The summed E-state index contributed by atoms with van der Waals surface area (Å²) in [6, 6.07) is 6.82. The quantitative estimate of drug-likeness (QED) is 0.861. The molecule has 0 heterocycles. The fourth-order valence-corrected chi connectivity index (χ4v) is 2.36. The predicted octanol–water partition coefficient (Wildman–Crippen LogP) is 2.89. The van der Waals surface area contributed by atoms with E-state index in [1.807, 2.05) is 0 Å². The summed E-state index contributed by atoms with van der Waals surface area (Å²) in [7, 11) is 1.55. The van der Waals surface area contributed by atoms with Crippen LogP contribution in [0.3, 0.4) is 0 Å². The molecular weight excluding hydrogens is 258 g/mol. The zero-order valence-corrected chi connectivity index (χ0v) is 12.5. The number of methoxy groups -OCH3 is 1. The molecule has 0 aliphatic heterocycles. The highest BCUT2D eigenvalue weighted by molar-refractivity contribution is 5.77. The Morgan fingerprint density at radius 3 is 2.00 bits per heavy atom. The minimum Gasteiger partial charge on any atom is -0.497 e. The van der Waals surface area contributed by atoms with Crippen molar-refractivity contribution >= 4 is 12.4 Å². The lowest BCUT2D eigenvalue weighted by molar-refractivity contribution is -0.120. The highest BCUT2D eigenvalue weighted by Gasteiger charge is 2.43. The first kappa shape index (κ1) is 16.0. The molecule has 1 N–H and O–H groups in total. The van der Waals surface area contributed by atoms with Gasteiger partial charge in [0.2, 0.25) is 0 Å². The first-order chi connectivity index (χ1) is 9.16. The lowest BCUT2D eigenvalue weighted by Gasteiger charge is -2.44. The van der Waals surface area contributed by atoms with Crippen LogP contribution in [0.4, 0.5) is 4.79 Å². The molecule has 1 aromatic rings. The summed E-state index contributed by atoms with van der Waals surface area (Å²) in [5.74, 6) is 0.652. The summed E-state index contributed by atoms with van der Waals surface area (Å²) >= 11 is 0. The van der Waals surface area contributed by atoms with E-state index < -0.39 is 17.2 Å². The molecule has 1 unspecified atom stereocenters. The second-order valence-corrected chi connectivity index (χ2v) is 5.78. The lowest BCUT2D eigenvalue weighted by Crippen LogP contribution is -2.57. The third kappa shape index (κ3) is 2.92. The van der Waals surface area contributed by atoms with Gasteiger partial charge in [0.1, 0.15) is 17.6 Å². The molecule has 1 rings (SSSR count). The van der Waals surface area contributed by atoms with Crippen LogP contribution < -0.4 is 4.74 Å². The van der Waals surface area contributed by atoms with E-state index in [1.165, 1.54) is 0 Å². The van der Waals surface area contributed by atoms with Crippen molar-refractivity contribution in [3.8, 4) is 5.75 Å². The fourth-order valence-electron chi connectivity index (χ4n) is 2.36. The van der Waals surface area contributed by atoms with Crippen molar-refractivity contribution in [3.63, 3.8) is 0 Å². The number of benzene rings is 1. The minimum atomic E-state index is -1.25. The van der Waals surface area contributed by atoms with Gasteiger partial charge in [-0.15, -0.1) is 0 Å². The Morgan fingerprint density at radius 1 is 1.20 bits per heavy atom. The lowest BCUT2D eigenvalue weighted by atomic mass is 9.87. The maximum Gasteiger partial charge on any atom is 0.408 e. The van der Waals surface area contributed by atoms with Crippen molar-refractivity contribution in [2.45, 2.75) is 38.8 Å². The van der Waals surface area contributed by atoms with Crippen LogP contribution in [0.5, 0.6) is 5.75 Å². The third-order valence-electron chi connectivity index (χ3n) is 3.23. The molecule has 110 valence electrons. The summed E-state index contributed by atoms with van der Waals surface area (Å²) in [5, 5.41) is 9.48. The number of rotatable bonds is 4. The molecule has 0 saturated heterocycles. The smallest absolute Gasteiger partial charge is 0.408 e. The van der Waals surface area contributed by atoms with Gasteiger partial charge in [0.15, 0.2) is 0 Å². The highest BCUT2D eigenvalue weighted by Crippen LogP contribution is 2.33. The van der Waals surface area contributed by atoms with E-state index in [-0.39, 0.29) is 0 Å². The van der Waals surface area contributed by atoms with Crippen LogP contribution >= 0.6 is 0 Å². The summed E-state index contributed by atoms with van der Waals surface area (Å²) in [6.07, 6.45) is -0.475. The molecule has 0 aromatic heterocycles. The molecule has 1 aromatic carbocycles. The van der Waals surface area contributed by atoms with Crippen molar-refractivity contribution in [2.75, 3.05) is 7.11 Å². The molecule has 5 nitrogen and oxygen atoms in total. The van der Waals surface area contributed by atoms with Gasteiger partial charge in [-0.1, -0.05) is 12.1 Å². The van der Waals surface area contributed by atoms with Crippen molar-refractivity contribution < 1.29 is 19.4 Å². The molecule has 1 amide bonds. The predicted molar refractivity (Wildman–Crippen MR) is 76.0 cm³/mol. The summed E-state index contributed by atoms with van der Waals surface area (Å²) < 4.78 is 5.07. The van der Waals surface area contributed by atoms with Gasteiger partial charge in [0.25, 0.3) is 0 Å². The van der Waals surface area contributed by atoms with Crippen LogP contribution in [0.25, 0.3) is 0 Å². The number of aldehydes is 1. The van der Waals surface area contributed by atoms with Crippen LogP contribution in [0.15, 0.2) is 24.3 Å². The van der Waals surface area contributed by atoms with Crippen LogP contribution in [-0.2, 0) is 10.3 Å². The Bertz CT molecular complexity index is 490. The van der Waals surface area contributed by atoms with E-state index in [0.29, 0.717) is 17.6 Å². The molecule has 0 saturated carbocycles. The Balaban J connectivity index is 3.36. The number of ether oxygens (including phenoxy) is 1. The van der Waals surface area contributed by atoms with Crippen LogP contribution in [0, 0.1) is 0 Å². The first-order valence-electron chi connectivity index (χ1n) is 6.31. The van der Waals surface area contributed by atoms with Crippen molar-refractivity contribution in [1.29, 1.82) is 0 Å². The van der Waals surface area contributed by atoms with Crippen molar-refractivity contribution in [3.05, 3.63) is 29.8 Å². The number of nitrogens with zero attached hydrogens (tertiary/aromatic N) is 1. The monoisotopic (exact) mass is 279 g/mol. The Kier molecular flexibility index (Phi) is 4.43. The molecule has 0 fully saturated rings. The van der Waals surface area contributed by atoms with Gasteiger partial charge < -0.3 is 14.6 Å². The first-order valence-corrected chi connectivity index (χ1v) is 6.31. The number of hydrogen-bond acceptors (Lipinski definition) is 3. The largest absolute Gasteiger partial charge is 0.497 e. The Labute approximate surface area is 119 Å². The maximum absolute atomic E-state index is 11.6. The zero-order chi connectivity index (χ0) is 15.6. The number of carbonyl (C=O) groups is 2. The van der Waals surface area contributed by atoms with Gasteiger partial charge in [0.05, 0.1) is 7.11 Å². The Morgan fingerprint density at radius 2 is 1.70 bits per heavy atom. The van der Waals surface area contributed by atoms with Gasteiger partial charge in [-0.05, 0) is 45.4 Å². The number of amides is 1. The van der Waals surface area contributed by atoms with Crippen LogP contribution in [0.2, 0.25) is 0 Å². The molecular formula is C15H21NO4. The van der Waals surface area contributed by atoms with Gasteiger partial charge >= 0.3 is 6.09 Å². The number of carboxylic acid groups (broad SMARTS) is 1. The fraction of sp³-hybridized carbons (Fsp3) is 0.467.